The zero-order chi connectivity index (χ0) is 24.6. The van der Waals surface area contributed by atoms with Crippen molar-refractivity contribution in [3.63, 3.8) is 0 Å². The molecule has 0 unspecified atom stereocenters. The second-order valence-corrected chi connectivity index (χ2v) is 9.84. The molecule has 180 valence electrons. The number of carbonyl (C=O) groups excluding carboxylic acids is 3. The number of hydrogen-bond acceptors (Lipinski definition) is 6. The molecule has 0 aliphatic carbocycles. The fraction of sp³-hybridized carbons (Fsp3) is 0.462. The molecular formula is C26H31N3O5. The zero-order valence-corrected chi connectivity index (χ0v) is 20.1. The van der Waals surface area contributed by atoms with Gasteiger partial charge < -0.3 is 14.6 Å². The molecule has 8 heteroatoms. The van der Waals surface area contributed by atoms with E-state index in [4.69, 9.17) is 4.42 Å². The zero-order valence-electron chi connectivity index (χ0n) is 20.1. The van der Waals surface area contributed by atoms with E-state index in [2.05, 4.69) is 37.1 Å². The van der Waals surface area contributed by atoms with Gasteiger partial charge in [0.1, 0.15) is 5.58 Å². The number of imide groups is 1. The summed E-state index contributed by atoms with van der Waals surface area (Å²) in [6.07, 6.45) is 4.42. The molecule has 0 radical (unpaired) electrons. The van der Waals surface area contributed by atoms with Gasteiger partial charge in [-0.05, 0) is 56.7 Å². The Balaban J connectivity index is 1.42. The first-order valence-corrected chi connectivity index (χ1v) is 11.7. The summed E-state index contributed by atoms with van der Waals surface area (Å²) >= 11 is 0. The van der Waals surface area contributed by atoms with Crippen molar-refractivity contribution in [2.75, 3.05) is 24.5 Å². The third-order valence-corrected chi connectivity index (χ3v) is 6.80. The maximum absolute atomic E-state index is 12.3. The van der Waals surface area contributed by atoms with Gasteiger partial charge in [0.2, 0.25) is 5.91 Å². The Hall–Kier alpha value is -3.42. The number of hydrogen-bond donors (Lipinski definition) is 1. The number of nitrogens with zero attached hydrogens (tertiary/aromatic N) is 2. The van der Waals surface area contributed by atoms with Crippen molar-refractivity contribution in [3.8, 4) is 0 Å². The lowest BCUT2D eigenvalue weighted by molar-refractivity contribution is -0.137. The highest BCUT2D eigenvalue weighted by molar-refractivity contribution is 6.12. The molecule has 3 amide bonds. The Labute approximate surface area is 198 Å². The van der Waals surface area contributed by atoms with Gasteiger partial charge in [0.25, 0.3) is 11.8 Å². The first kappa shape index (κ1) is 23.7. The number of amides is 3. The van der Waals surface area contributed by atoms with Crippen molar-refractivity contribution in [3.05, 3.63) is 51.9 Å². The van der Waals surface area contributed by atoms with Crippen molar-refractivity contribution >= 4 is 34.4 Å². The third-order valence-electron chi connectivity index (χ3n) is 6.80. The number of rotatable bonds is 7. The molecule has 2 aliphatic heterocycles. The fourth-order valence-electron chi connectivity index (χ4n) is 5.16. The molecule has 4 rings (SSSR count). The van der Waals surface area contributed by atoms with Gasteiger partial charge in [0.15, 0.2) is 0 Å². The number of carbonyl (C=O) groups is 3. The van der Waals surface area contributed by atoms with Gasteiger partial charge in [-0.1, -0.05) is 6.92 Å². The summed E-state index contributed by atoms with van der Waals surface area (Å²) in [4.78, 5) is 50.9. The normalized spacial score (nSPS) is 19.1. The highest BCUT2D eigenvalue weighted by atomic mass is 16.4. The van der Waals surface area contributed by atoms with Crippen LogP contribution in [0, 0.1) is 6.92 Å². The molecule has 0 fully saturated rings. The van der Waals surface area contributed by atoms with E-state index in [-0.39, 0.29) is 42.0 Å². The number of benzene rings is 1. The maximum Gasteiger partial charge on any atom is 0.336 e. The second-order valence-electron chi connectivity index (χ2n) is 9.84. The second kappa shape index (κ2) is 9.08. The van der Waals surface area contributed by atoms with Crippen molar-refractivity contribution in [1.29, 1.82) is 0 Å². The van der Waals surface area contributed by atoms with Crippen molar-refractivity contribution < 1.29 is 18.8 Å². The molecule has 2 aromatic rings. The first-order valence-electron chi connectivity index (χ1n) is 11.7. The van der Waals surface area contributed by atoms with Gasteiger partial charge in [-0.2, -0.15) is 0 Å². The molecule has 1 aromatic carbocycles. The van der Waals surface area contributed by atoms with E-state index in [1.54, 1.807) is 0 Å². The van der Waals surface area contributed by atoms with Crippen LogP contribution in [0.3, 0.4) is 0 Å². The van der Waals surface area contributed by atoms with Crippen molar-refractivity contribution in [2.45, 2.75) is 58.4 Å². The molecule has 0 spiro atoms. The van der Waals surface area contributed by atoms with E-state index >= 15 is 0 Å². The highest BCUT2D eigenvalue weighted by Crippen LogP contribution is 2.45. The summed E-state index contributed by atoms with van der Waals surface area (Å²) in [5.74, 6) is -0.461. The van der Waals surface area contributed by atoms with Crippen LogP contribution in [0.1, 0.15) is 57.1 Å². The molecule has 8 nitrogen and oxygen atoms in total. The monoisotopic (exact) mass is 465 g/mol. The molecule has 0 saturated carbocycles. The Morgan fingerprint density at radius 3 is 2.53 bits per heavy atom. The van der Waals surface area contributed by atoms with Crippen LogP contribution >= 0.6 is 0 Å². The van der Waals surface area contributed by atoms with Crippen LogP contribution in [0.25, 0.3) is 11.0 Å². The van der Waals surface area contributed by atoms with Gasteiger partial charge in [0.05, 0.1) is 0 Å². The molecule has 2 aliphatic rings. The van der Waals surface area contributed by atoms with E-state index in [0.29, 0.717) is 30.9 Å². The van der Waals surface area contributed by atoms with Crippen LogP contribution < -0.4 is 15.8 Å². The summed E-state index contributed by atoms with van der Waals surface area (Å²) in [7, 11) is 0. The van der Waals surface area contributed by atoms with E-state index < -0.39 is 0 Å². The molecule has 0 bridgehead atoms. The van der Waals surface area contributed by atoms with E-state index in [0.717, 1.165) is 28.0 Å². The lowest BCUT2D eigenvalue weighted by atomic mass is 9.79. The summed E-state index contributed by atoms with van der Waals surface area (Å²) in [5, 5.41) is 3.74. The average Bonchev–Trinajstić information content (AvgIpc) is 3.06. The van der Waals surface area contributed by atoms with Crippen molar-refractivity contribution in [1.82, 2.24) is 10.2 Å². The first-order chi connectivity index (χ1) is 16.1. The fourth-order valence-corrected chi connectivity index (χ4v) is 5.16. The lowest BCUT2D eigenvalue weighted by Gasteiger charge is -2.47. The summed E-state index contributed by atoms with van der Waals surface area (Å²) < 4.78 is 5.50. The van der Waals surface area contributed by atoms with Crippen LogP contribution in [0.5, 0.6) is 0 Å². The van der Waals surface area contributed by atoms with Gasteiger partial charge in [0, 0.05) is 67.0 Å². The molecule has 34 heavy (non-hydrogen) atoms. The van der Waals surface area contributed by atoms with Gasteiger partial charge in [-0.25, -0.2) is 4.79 Å². The smallest absolute Gasteiger partial charge is 0.336 e. The molecule has 3 heterocycles. The van der Waals surface area contributed by atoms with Gasteiger partial charge in [-0.3, -0.25) is 19.3 Å². The largest absolute Gasteiger partial charge is 0.423 e. The predicted octanol–water partition coefficient (Wildman–Crippen LogP) is 3.02. The van der Waals surface area contributed by atoms with E-state index in [1.807, 2.05) is 13.0 Å². The minimum atomic E-state index is -0.357. The minimum Gasteiger partial charge on any atom is -0.423 e. The van der Waals surface area contributed by atoms with Crippen LogP contribution in [0.4, 0.5) is 5.69 Å². The molecule has 0 saturated heterocycles. The summed E-state index contributed by atoms with van der Waals surface area (Å²) in [5.41, 5.74) is 3.28. The molecule has 1 aromatic heterocycles. The standard InChI is InChI=1S/C26H31N3O5/c1-16-12-25(33)34-21-14-20-18(13-19(16)21)17(2)15-26(3,4)29(20)10-5-6-22(30)27-9-11-28-23(31)7-8-24(28)32/h7-8,12-14,17H,5-6,9-11,15H2,1-4H3,(H,27,30)/t17-/m1/s1. The summed E-state index contributed by atoms with van der Waals surface area (Å²) in [6.45, 7) is 9.61. The number of anilines is 1. The molecule has 1 atom stereocenters. The Bertz CT molecular complexity index is 1220. The predicted molar refractivity (Wildman–Crippen MR) is 130 cm³/mol. The molecular weight excluding hydrogens is 434 g/mol. The third kappa shape index (κ3) is 4.62. The molecule has 1 N–H and O–H groups in total. The minimum absolute atomic E-state index is 0.115. The quantitative estimate of drug-likeness (QED) is 0.498. The number of aryl methyl sites for hydroxylation is 1. The van der Waals surface area contributed by atoms with E-state index in [9.17, 15) is 19.2 Å². The van der Waals surface area contributed by atoms with Crippen LogP contribution in [0.2, 0.25) is 0 Å². The van der Waals surface area contributed by atoms with Crippen LogP contribution in [0.15, 0.2) is 39.6 Å². The lowest BCUT2D eigenvalue weighted by Crippen LogP contribution is -2.49. The van der Waals surface area contributed by atoms with Crippen LogP contribution in [-0.4, -0.2) is 47.8 Å². The Morgan fingerprint density at radius 2 is 1.82 bits per heavy atom. The number of fused-ring (bicyclic) bond motifs is 2. The maximum atomic E-state index is 12.3. The summed E-state index contributed by atoms with van der Waals surface area (Å²) in [6, 6.07) is 5.63. The van der Waals surface area contributed by atoms with Gasteiger partial charge >= 0.3 is 5.63 Å². The Kier molecular flexibility index (Phi) is 6.34. The van der Waals surface area contributed by atoms with Gasteiger partial charge in [-0.15, -0.1) is 0 Å². The SMILES string of the molecule is Cc1cc(=O)oc2cc3c(cc12)[C@H](C)CC(C)(C)N3CCCC(=O)NCCN1C(=O)C=CC1=O. The number of nitrogens with one attached hydrogen (secondary N) is 1. The topological polar surface area (TPSA) is 99.9 Å². The Morgan fingerprint density at radius 1 is 1.12 bits per heavy atom. The van der Waals surface area contributed by atoms with E-state index in [1.165, 1.54) is 23.8 Å². The van der Waals surface area contributed by atoms with Crippen LogP contribution in [-0.2, 0) is 14.4 Å². The highest BCUT2D eigenvalue weighted by Gasteiger charge is 2.36. The average molecular weight is 466 g/mol. The van der Waals surface area contributed by atoms with Crippen molar-refractivity contribution in [2.24, 2.45) is 0 Å².